The number of hydrogen-bond donors (Lipinski definition) is 1. The molecule has 0 bridgehead atoms. The van der Waals surface area contributed by atoms with Crippen molar-refractivity contribution in [2.24, 2.45) is 0 Å². The Labute approximate surface area is 137 Å². The van der Waals surface area contributed by atoms with Gasteiger partial charge in [-0.1, -0.05) is 56.0 Å². The van der Waals surface area contributed by atoms with Crippen molar-refractivity contribution in [1.29, 1.82) is 0 Å². The number of benzene rings is 1. The van der Waals surface area contributed by atoms with Crippen molar-refractivity contribution >= 4 is 5.91 Å². The number of nitrogens with one attached hydrogen (secondary N) is 1. The van der Waals surface area contributed by atoms with E-state index in [1.165, 1.54) is 19.3 Å². The van der Waals surface area contributed by atoms with E-state index in [1.54, 1.807) is 4.68 Å². The van der Waals surface area contributed by atoms with Crippen LogP contribution in [0.1, 0.15) is 61.6 Å². The number of hydrogen-bond acceptors (Lipinski definition) is 3. The van der Waals surface area contributed by atoms with Crippen molar-refractivity contribution in [3.8, 4) is 5.69 Å². The maximum absolute atomic E-state index is 12.6. The number of carbonyl (C=O) groups excluding carboxylic acids is 1. The quantitative estimate of drug-likeness (QED) is 0.921. The number of aromatic nitrogens is 3. The topological polar surface area (TPSA) is 59.8 Å². The highest BCUT2D eigenvalue weighted by atomic mass is 16.2. The second kappa shape index (κ2) is 7.40. The molecule has 2 aromatic rings. The molecule has 0 aliphatic heterocycles. The van der Waals surface area contributed by atoms with Crippen molar-refractivity contribution in [3.63, 3.8) is 0 Å². The molecule has 5 nitrogen and oxygen atoms in total. The zero-order chi connectivity index (χ0) is 16.1. The van der Waals surface area contributed by atoms with Crippen LogP contribution in [-0.4, -0.2) is 26.9 Å². The van der Waals surface area contributed by atoms with Gasteiger partial charge in [-0.2, -0.15) is 0 Å². The first-order valence-electron chi connectivity index (χ1n) is 8.60. The summed E-state index contributed by atoms with van der Waals surface area (Å²) in [4.78, 5) is 12.6. The third-order valence-corrected chi connectivity index (χ3v) is 4.41. The Morgan fingerprint density at radius 3 is 2.65 bits per heavy atom. The summed E-state index contributed by atoms with van der Waals surface area (Å²) in [5.41, 5.74) is 2.31. The molecular weight excluding hydrogens is 288 g/mol. The molecule has 1 amide bonds. The zero-order valence-electron chi connectivity index (χ0n) is 13.7. The Morgan fingerprint density at radius 1 is 1.22 bits per heavy atom. The van der Waals surface area contributed by atoms with Gasteiger partial charge in [-0.3, -0.25) is 4.79 Å². The summed E-state index contributed by atoms with van der Waals surface area (Å²) in [5.74, 6) is -0.0810. The van der Waals surface area contributed by atoms with E-state index in [0.29, 0.717) is 5.69 Å². The van der Waals surface area contributed by atoms with Crippen LogP contribution in [0.2, 0.25) is 0 Å². The fourth-order valence-corrected chi connectivity index (χ4v) is 3.22. The fourth-order valence-electron chi connectivity index (χ4n) is 3.22. The molecule has 1 aliphatic carbocycles. The lowest BCUT2D eigenvalue weighted by atomic mass is 9.95. The molecule has 1 N–H and O–H groups in total. The molecule has 0 atom stereocenters. The van der Waals surface area contributed by atoms with E-state index in [1.807, 2.05) is 30.3 Å². The molecule has 1 aromatic carbocycles. The molecule has 1 heterocycles. The number of rotatable bonds is 5. The average molecular weight is 312 g/mol. The first kappa shape index (κ1) is 15.7. The van der Waals surface area contributed by atoms with E-state index in [-0.39, 0.29) is 11.9 Å². The minimum atomic E-state index is -0.0810. The van der Waals surface area contributed by atoms with Crippen LogP contribution in [0.25, 0.3) is 5.69 Å². The van der Waals surface area contributed by atoms with Crippen LogP contribution in [0, 0.1) is 0 Å². The molecule has 0 spiro atoms. The molecule has 1 saturated carbocycles. The Morgan fingerprint density at radius 2 is 1.96 bits per heavy atom. The Hall–Kier alpha value is -2.17. The van der Waals surface area contributed by atoms with Gasteiger partial charge in [0.1, 0.15) is 0 Å². The molecule has 0 unspecified atom stereocenters. The van der Waals surface area contributed by atoms with Gasteiger partial charge in [-0.05, 0) is 31.4 Å². The minimum Gasteiger partial charge on any atom is -0.348 e. The van der Waals surface area contributed by atoms with Gasteiger partial charge in [0.2, 0.25) is 0 Å². The second-order valence-electron chi connectivity index (χ2n) is 6.19. The zero-order valence-corrected chi connectivity index (χ0v) is 13.7. The van der Waals surface area contributed by atoms with Gasteiger partial charge < -0.3 is 5.32 Å². The first-order valence-corrected chi connectivity index (χ1v) is 8.60. The van der Waals surface area contributed by atoms with E-state index in [0.717, 1.165) is 37.1 Å². The van der Waals surface area contributed by atoms with E-state index < -0.39 is 0 Å². The lowest BCUT2D eigenvalue weighted by Gasteiger charge is -2.22. The molecule has 122 valence electrons. The molecule has 3 rings (SSSR count). The van der Waals surface area contributed by atoms with Crippen molar-refractivity contribution < 1.29 is 4.79 Å². The van der Waals surface area contributed by atoms with Crippen LogP contribution in [0.5, 0.6) is 0 Å². The van der Waals surface area contributed by atoms with Crippen molar-refractivity contribution in [2.75, 3.05) is 0 Å². The highest BCUT2D eigenvalue weighted by Crippen LogP contribution is 2.19. The van der Waals surface area contributed by atoms with Gasteiger partial charge in [0, 0.05) is 6.04 Å². The SMILES string of the molecule is CCCc1c(C(=O)NC2CCCCC2)nnn1-c1ccccc1. The Bertz CT molecular complexity index is 644. The van der Waals surface area contributed by atoms with Crippen molar-refractivity contribution in [3.05, 3.63) is 41.7 Å². The number of nitrogens with zero attached hydrogens (tertiary/aromatic N) is 3. The highest BCUT2D eigenvalue weighted by Gasteiger charge is 2.23. The van der Waals surface area contributed by atoms with Gasteiger partial charge in [0.05, 0.1) is 11.4 Å². The summed E-state index contributed by atoms with van der Waals surface area (Å²) >= 11 is 0. The van der Waals surface area contributed by atoms with E-state index in [9.17, 15) is 4.79 Å². The normalized spacial score (nSPS) is 15.5. The summed E-state index contributed by atoms with van der Waals surface area (Å²) in [6.07, 6.45) is 7.55. The van der Waals surface area contributed by atoms with Crippen LogP contribution in [0.3, 0.4) is 0 Å². The standard InChI is InChI=1S/C18H24N4O/c1-2-9-16-17(18(23)19-14-10-5-3-6-11-14)20-21-22(16)15-12-7-4-8-13-15/h4,7-8,12-14H,2-3,5-6,9-11H2,1H3,(H,19,23). The van der Waals surface area contributed by atoms with Crippen molar-refractivity contribution in [2.45, 2.75) is 57.9 Å². The van der Waals surface area contributed by atoms with Crippen LogP contribution in [0.4, 0.5) is 0 Å². The number of amides is 1. The maximum Gasteiger partial charge on any atom is 0.273 e. The van der Waals surface area contributed by atoms with E-state index >= 15 is 0 Å². The predicted octanol–water partition coefficient (Wildman–Crippen LogP) is 3.28. The molecule has 1 aliphatic rings. The summed E-state index contributed by atoms with van der Waals surface area (Å²) in [6.45, 7) is 2.10. The smallest absolute Gasteiger partial charge is 0.273 e. The lowest BCUT2D eigenvalue weighted by Crippen LogP contribution is -2.36. The monoisotopic (exact) mass is 312 g/mol. The third-order valence-electron chi connectivity index (χ3n) is 4.41. The minimum absolute atomic E-state index is 0.0810. The van der Waals surface area contributed by atoms with E-state index in [4.69, 9.17) is 0 Å². The molecular formula is C18H24N4O. The highest BCUT2D eigenvalue weighted by molar-refractivity contribution is 5.93. The summed E-state index contributed by atoms with van der Waals surface area (Å²) in [6, 6.07) is 10.2. The molecule has 1 aromatic heterocycles. The maximum atomic E-state index is 12.6. The van der Waals surface area contributed by atoms with Crippen LogP contribution in [-0.2, 0) is 6.42 Å². The van der Waals surface area contributed by atoms with Gasteiger partial charge in [0.15, 0.2) is 5.69 Å². The largest absolute Gasteiger partial charge is 0.348 e. The van der Waals surface area contributed by atoms with Crippen LogP contribution >= 0.6 is 0 Å². The first-order chi connectivity index (χ1) is 11.3. The molecule has 0 radical (unpaired) electrons. The summed E-state index contributed by atoms with van der Waals surface area (Å²) < 4.78 is 1.79. The molecule has 1 fully saturated rings. The number of carbonyl (C=O) groups is 1. The summed E-state index contributed by atoms with van der Waals surface area (Å²) in [5, 5.41) is 11.5. The van der Waals surface area contributed by atoms with Gasteiger partial charge >= 0.3 is 0 Å². The average Bonchev–Trinajstić information content (AvgIpc) is 3.01. The van der Waals surface area contributed by atoms with Gasteiger partial charge in [-0.15, -0.1) is 5.10 Å². The van der Waals surface area contributed by atoms with Gasteiger partial charge in [-0.25, -0.2) is 4.68 Å². The third kappa shape index (κ3) is 3.60. The molecule has 23 heavy (non-hydrogen) atoms. The summed E-state index contributed by atoms with van der Waals surface area (Å²) in [7, 11) is 0. The van der Waals surface area contributed by atoms with Crippen molar-refractivity contribution in [1.82, 2.24) is 20.3 Å². The Balaban J connectivity index is 1.83. The second-order valence-corrected chi connectivity index (χ2v) is 6.19. The van der Waals surface area contributed by atoms with Crippen LogP contribution < -0.4 is 5.32 Å². The number of para-hydroxylation sites is 1. The van der Waals surface area contributed by atoms with Gasteiger partial charge in [0.25, 0.3) is 5.91 Å². The van der Waals surface area contributed by atoms with Crippen LogP contribution in [0.15, 0.2) is 30.3 Å². The molecule has 0 saturated heterocycles. The Kier molecular flexibility index (Phi) is 5.05. The lowest BCUT2D eigenvalue weighted by molar-refractivity contribution is 0.0921. The predicted molar refractivity (Wildman–Crippen MR) is 89.7 cm³/mol. The molecule has 5 heteroatoms. The fraction of sp³-hybridized carbons (Fsp3) is 0.500. The van der Waals surface area contributed by atoms with E-state index in [2.05, 4.69) is 22.6 Å².